The molecule has 0 spiro atoms. The number of nitrogens with two attached hydrogens (primary N) is 1. The standard InChI is InChI=1S/C7H13NO5/c1-11-5(7(10)13-3)4(8)6(9)12-2/h4-5H,8H2,1-3H3/t4-,5+/m1/s1. The average molecular weight is 191 g/mol. The minimum Gasteiger partial charge on any atom is -0.468 e. The van der Waals surface area contributed by atoms with Crippen LogP contribution in [0.3, 0.4) is 0 Å². The van der Waals surface area contributed by atoms with E-state index in [0.29, 0.717) is 0 Å². The number of rotatable bonds is 4. The summed E-state index contributed by atoms with van der Waals surface area (Å²) in [6.45, 7) is 0. The molecule has 0 aliphatic carbocycles. The van der Waals surface area contributed by atoms with Crippen LogP contribution >= 0.6 is 0 Å². The van der Waals surface area contributed by atoms with Gasteiger partial charge in [0.25, 0.3) is 0 Å². The third-order valence-electron chi connectivity index (χ3n) is 1.49. The van der Waals surface area contributed by atoms with E-state index in [1.54, 1.807) is 0 Å². The monoisotopic (exact) mass is 191 g/mol. The molecule has 0 aliphatic heterocycles. The van der Waals surface area contributed by atoms with Crippen molar-refractivity contribution in [3.63, 3.8) is 0 Å². The molecule has 76 valence electrons. The lowest BCUT2D eigenvalue weighted by atomic mass is 10.2. The van der Waals surface area contributed by atoms with Crippen molar-refractivity contribution in [1.82, 2.24) is 0 Å². The maximum Gasteiger partial charge on any atom is 0.337 e. The van der Waals surface area contributed by atoms with Crippen LogP contribution in [-0.2, 0) is 23.8 Å². The zero-order valence-corrected chi connectivity index (χ0v) is 7.77. The summed E-state index contributed by atoms with van der Waals surface area (Å²) in [7, 11) is 3.61. The molecule has 13 heavy (non-hydrogen) atoms. The second-order valence-corrected chi connectivity index (χ2v) is 2.23. The van der Waals surface area contributed by atoms with E-state index in [-0.39, 0.29) is 0 Å². The van der Waals surface area contributed by atoms with Gasteiger partial charge in [0.2, 0.25) is 0 Å². The second-order valence-electron chi connectivity index (χ2n) is 2.23. The van der Waals surface area contributed by atoms with Crippen molar-refractivity contribution in [2.75, 3.05) is 21.3 Å². The zero-order valence-electron chi connectivity index (χ0n) is 7.77. The number of hydrogen-bond donors (Lipinski definition) is 1. The Kier molecular flexibility index (Phi) is 5.01. The van der Waals surface area contributed by atoms with Gasteiger partial charge in [0.05, 0.1) is 14.2 Å². The zero-order chi connectivity index (χ0) is 10.4. The van der Waals surface area contributed by atoms with Crippen molar-refractivity contribution in [2.24, 2.45) is 5.73 Å². The highest BCUT2D eigenvalue weighted by Crippen LogP contribution is 2.00. The summed E-state index contributed by atoms with van der Waals surface area (Å²) < 4.78 is 13.4. The fraction of sp³-hybridized carbons (Fsp3) is 0.714. The molecule has 2 N–H and O–H groups in total. The molecule has 6 nitrogen and oxygen atoms in total. The number of carbonyl (C=O) groups excluding carboxylic acids is 2. The molecule has 0 rings (SSSR count). The van der Waals surface area contributed by atoms with Crippen LogP contribution in [0.4, 0.5) is 0 Å². The molecule has 0 unspecified atom stereocenters. The van der Waals surface area contributed by atoms with Gasteiger partial charge in [0, 0.05) is 7.11 Å². The Bertz CT molecular complexity index is 193. The molecule has 0 amide bonds. The van der Waals surface area contributed by atoms with Gasteiger partial charge < -0.3 is 19.9 Å². The largest absolute Gasteiger partial charge is 0.468 e. The van der Waals surface area contributed by atoms with Crippen molar-refractivity contribution in [2.45, 2.75) is 12.1 Å². The molecule has 0 fully saturated rings. The van der Waals surface area contributed by atoms with Crippen molar-refractivity contribution >= 4 is 11.9 Å². The smallest absolute Gasteiger partial charge is 0.337 e. The highest BCUT2D eigenvalue weighted by Gasteiger charge is 2.32. The van der Waals surface area contributed by atoms with E-state index in [9.17, 15) is 9.59 Å². The second kappa shape index (κ2) is 5.50. The van der Waals surface area contributed by atoms with Crippen molar-refractivity contribution < 1.29 is 23.8 Å². The van der Waals surface area contributed by atoms with E-state index in [4.69, 9.17) is 5.73 Å². The van der Waals surface area contributed by atoms with Gasteiger partial charge in [-0.2, -0.15) is 0 Å². The number of carbonyl (C=O) groups is 2. The molecule has 0 aromatic carbocycles. The van der Waals surface area contributed by atoms with E-state index >= 15 is 0 Å². The molecule has 0 aromatic heterocycles. The molecule has 0 heterocycles. The summed E-state index contributed by atoms with van der Waals surface area (Å²) in [5.74, 6) is -1.43. The molecule has 0 bridgehead atoms. The SMILES string of the molecule is COC(=O)[C@@H](OC)[C@@H](N)C(=O)OC. The number of ether oxygens (including phenoxy) is 3. The number of esters is 2. The van der Waals surface area contributed by atoms with Crippen molar-refractivity contribution in [1.29, 1.82) is 0 Å². The first-order chi connectivity index (χ1) is 6.08. The van der Waals surface area contributed by atoms with Crippen molar-refractivity contribution in [3.05, 3.63) is 0 Å². The molecule has 6 heteroatoms. The van der Waals surface area contributed by atoms with Crippen LogP contribution in [0.15, 0.2) is 0 Å². The van der Waals surface area contributed by atoms with Gasteiger partial charge in [-0.1, -0.05) is 0 Å². The topological polar surface area (TPSA) is 87.9 Å². The molecule has 0 saturated carbocycles. The highest BCUT2D eigenvalue weighted by atomic mass is 16.6. The van der Waals surface area contributed by atoms with Gasteiger partial charge in [-0.25, -0.2) is 4.79 Å². The molecule has 0 radical (unpaired) electrons. The first-order valence-electron chi connectivity index (χ1n) is 3.52. The summed E-state index contributed by atoms with van der Waals surface area (Å²) >= 11 is 0. The van der Waals surface area contributed by atoms with Gasteiger partial charge in [0.15, 0.2) is 6.10 Å². The van der Waals surface area contributed by atoms with E-state index in [1.165, 1.54) is 21.3 Å². The lowest BCUT2D eigenvalue weighted by Gasteiger charge is -2.17. The third-order valence-corrected chi connectivity index (χ3v) is 1.49. The summed E-state index contributed by atoms with van der Waals surface area (Å²) in [6, 6.07) is -1.16. The fourth-order valence-electron chi connectivity index (χ4n) is 0.765. The Morgan fingerprint density at radius 1 is 1.08 bits per heavy atom. The van der Waals surface area contributed by atoms with Crippen LogP contribution < -0.4 is 5.73 Å². The Labute approximate surface area is 75.9 Å². The minimum absolute atomic E-state index is 0.708. The van der Waals surface area contributed by atoms with E-state index in [1.807, 2.05) is 0 Å². The maximum absolute atomic E-state index is 11.0. The minimum atomic E-state index is -1.16. The lowest BCUT2D eigenvalue weighted by Crippen LogP contribution is -2.48. The van der Waals surface area contributed by atoms with Crippen LogP contribution in [0.25, 0.3) is 0 Å². The predicted octanol–water partition coefficient (Wildman–Crippen LogP) is -1.33. The van der Waals surface area contributed by atoms with E-state index in [0.717, 1.165) is 0 Å². The Morgan fingerprint density at radius 2 is 1.54 bits per heavy atom. The van der Waals surface area contributed by atoms with Crippen LogP contribution in [0.2, 0.25) is 0 Å². The Hall–Kier alpha value is -1.14. The van der Waals surface area contributed by atoms with Crippen molar-refractivity contribution in [3.8, 4) is 0 Å². The average Bonchev–Trinajstić information content (AvgIpc) is 2.17. The van der Waals surface area contributed by atoms with E-state index < -0.39 is 24.1 Å². The molecule has 0 saturated heterocycles. The van der Waals surface area contributed by atoms with Gasteiger partial charge in [0.1, 0.15) is 6.04 Å². The molecular weight excluding hydrogens is 178 g/mol. The van der Waals surface area contributed by atoms with Gasteiger partial charge in [-0.05, 0) is 0 Å². The summed E-state index contributed by atoms with van der Waals surface area (Å²) in [4.78, 5) is 21.9. The summed E-state index contributed by atoms with van der Waals surface area (Å²) in [5.41, 5.74) is 5.36. The number of hydrogen-bond acceptors (Lipinski definition) is 6. The normalized spacial score (nSPS) is 14.5. The first kappa shape index (κ1) is 11.9. The summed E-state index contributed by atoms with van der Waals surface area (Å²) in [5, 5.41) is 0. The fourth-order valence-corrected chi connectivity index (χ4v) is 0.765. The van der Waals surface area contributed by atoms with Gasteiger partial charge in [-0.15, -0.1) is 0 Å². The Balaban J connectivity index is 4.39. The molecular formula is C7H13NO5. The molecule has 2 atom stereocenters. The van der Waals surface area contributed by atoms with Crippen LogP contribution in [0.5, 0.6) is 0 Å². The van der Waals surface area contributed by atoms with Gasteiger partial charge in [-0.3, -0.25) is 4.79 Å². The van der Waals surface area contributed by atoms with E-state index in [2.05, 4.69) is 14.2 Å². The Morgan fingerprint density at radius 3 is 1.85 bits per heavy atom. The third kappa shape index (κ3) is 3.00. The first-order valence-corrected chi connectivity index (χ1v) is 3.52. The summed E-state index contributed by atoms with van der Waals surface area (Å²) in [6.07, 6.45) is -1.13. The highest BCUT2D eigenvalue weighted by molar-refractivity contribution is 5.86. The molecule has 0 aliphatic rings. The molecule has 0 aromatic rings. The van der Waals surface area contributed by atoms with Crippen LogP contribution in [-0.4, -0.2) is 45.4 Å². The van der Waals surface area contributed by atoms with Crippen LogP contribution in [0.1, 0.15) is 0 Å². The predicted molar refractivity (Wildman–Crippen MR) is 42.8 cm³/mol. The maximum atomic E-state index is 11.0. The number of methoxy groups -OCH3 is 3. The quantitative estimate of drug-likeness (QED) is 0.554. The van der Waals surface area contributed by atoms with Crippen LogP contribution in [0, 0.1) is 0 Å². The van der Waals surface area contributed by atoms with Gasteiger partial charge >= 0.3 is 11.9 Å². The lowest BCUT2D eigenvalue weighted by molar-refractivity contribution is -0.160.